The maximum absolute atomic E-state index is 12.8. The molecule has 0 saturated carbocycles. The Morgan fingerprint density at radius 3 is 2.56 bits per heavy atom. The van der Waals surface area contributed by atoms with E-state index in [4.69, 9.17) is 0 Å². The van der Waals surface area contributed by atoms with Gasteiger partial charge in [-0.1, -0.05) is 30.3 Å². The highest BCUT2D eigenvalue weighted by molar-refractivity contribution is 7.09. The van der Waals surface area contributed by atoms with E-state index >= 15 is 0 Å². The number of amides is 1. The van der Waals surface area contributed by atoms with E-state index in [2.05, 4.69) is 20.0 Å². The van der Waals surface area contributed by atoms with Gasteiger partial charge < -0.3 is 10.6 Å². The molecule has 2 N–H and O–H groups in total. The Kier molecular flexibility index (Phi) is 5.69. The second-order valence-electron chi connectivity index (χ2n) is 5.33. The Morgan fingerprint density at radius 2 is 1.80 bits per heavy atom. The fourth-order valence-corrected chi connectivity index (χ4v) is 2.80. The largest absolute Gasteiger partial charge is 0.360 e. The summed E-state index contributed by atoms with van der Waals surface area (Å²) in [6, 6.07) is 15.3. The van der Waals surface area contributed by atoms with Crippen molar-refractivity contribution in [2.75, 3.05) is 18.4 Å². The lowest BCUT2D eigenvalue weighted by atomic mass is 10.2. The summed E-state index contributed by atoms with van der Waals surface area (Å²) in [5.74, 6) is 0.146. The fraction of sp³-hybridized carbons (Fsp3) is 0.167. The molecule has 0 saturated heterocycles. The molecule has 0 unspecified atom stereocenters. The lowest BCUT2D eigenvalue weighted by molar-refractivity contribution is 0.0953. The average molecular weight is 356 g/mol. The first kappa shape index (κ1) is 17.0. The number of hydrogen-bond acceptors (Lipinski definition) is 5. The molecule has 0 bridgehead atoms. The van der Waals surface area contributed by atoms with E-state index in [1.807, 2.05) is 30.3 Å². The molecular weight excluding hydrogens is 339 g/mol. The van der Waals surface area contributed by atoms with Crippen molar-refractivity contribution in [2.24, 2.45) is 0 Å². The Hall–Kier alpha value is -2.80. The predicted octanol–water partition coefficient (Wildman–Crippen LogP) is 3.58. The average Bonchev–Trinajstić information content (AvgIpc) is 3.11. The van der Waals surface area contributed by atoms with Gasteiger partial charge >= 0.3 is 0 Å². The van der Waals surface area contributed by atoms with Crippen LogP contribution in [-0.2, 0) is 0 Å². The molecule has 1 aromatic heterocycles. The topological polar surface area (TPSA) is 66.9 Å². The van der Waals surface area contributed by atoms with Gasteiger partial charge in [0, 0.05) is 35.7 Å². The number of nitrogens with zero attached hydrogens (tertiary/aromatic N) is 2. The van der Waals surface area contributed by atoms with Crippen molar-refractivity contribution < 1.29 is 9.18 Å². The summed E-state index contributed by atoms with van der Waals surface area (Å²) in [4.78, 5) is 16.3. The fourth-order valence-electron chi connectivity index (χ4n) is 2.19. The molecule has 128 valence electrons. The van der Waals surface area contributed by atoms with Gasteiger partial charge in [0.15, 0.2) is 5.82 Å². The second kappa shape index (κ2) is 8.34. The Balaban J connectivity index is 1.39. The van der Waals surface area contributed by atoms with Crippen LogP contribution in [0.2, 0.25) is 0 Å². The van der Waals surface area contributed by atoms with Gasteiger partial charge in [-0.2, -0.15) is 9.36 Å². The van der Waals surface area contributed by atoms with Gasteiger partial charge in [0.25, 0.3) is 5.91 Å². The summed E-state index contributed by atoms with van der Waals surface area (Å²) < 4.78 is 17.2. The Bertz CT molecular complexity index is 821. The molecule has 7 heteroatoms. The number of carbonyl (C=O) groups is 1. The van der Waals surface area contributed by atoms with Gasteiger partial charge in [-0.25, -0.2) is 4.39 Å². The lowest BCUT2D eigenvalue weighted by Crippen LogP contribution is -2.25. The van der Waals surface area contributed by atoms with Crippen LogP contribution in [0.1, 0.15) is 16.8 Å². The molecule has 3 aromatic rings. The molecule has 2 aromatic carbocycles. The minimum absolute atomic E-state index is 0.206. The minimum atomic E-state index is -0.354. The quantitative estimate of drug-likeness (QED) is 0.635. The number of carbonyl (C=O) groups excluding carboxylic acids is 1. The first-order valence-electron chi connectivity index (χ1n) is 7.89. The lowest BCUT2D eigenvalue weighted by Gasteiger charge is -2.05. The number of nitrogens with one attached hydrogen (secondary N) is 2. The maximum Gasteiger partial charge on any atom is 0.251 e. The van der Waals surface area contributed by atoms with Gasteiger partial charge in [-0.3, -0.25) is 4.79 Å². The van der Waals surface area contributed by atoms with E-state index < -0.39 is 0 Å². The standard InChI is InChI=1S/C18H17FN4OS/c19-15-9-7-14(8-10-15)17(24)20-11-4-12-21-18-22-16(23-25-18)13-5-2-1-3-6-13/h1-3,5-10H,4,11-12H2,(H,20,24)(H,21,22,23). The third-order valence-electron chi connectivity index (χ3n) is 3.48. The maximum atomic E-state index is 12.8. The van der Waals surface area contributed by atoms with Gasteiger partial charge in [-0.05, 0) is 30.7 Å². The highest BCUT2D eigenvalue weighted by atomic mass is 32.1. The van der Waals surface area contributed by atoms with Crippen molar-refractivity contribution in [1.29, 1.82) is 0 Å². The molecule has 0 spiro atoms. The van der Waals surface area contributed by atoms with Crippen LogP contribution in [0, 0.1) is 5.82 Å². The number of aromatic nitrogens is 2. The van der Waals surface area contributed by atoms with Crippen molar-refractivity contribution in [2.45, 2.75) is 6.42 Å². The summed E-state index contributed by atoms with van der Waals surface area (Å²) in [7, 11) is 0. The molecule has 5 nitrogen and oxygen atoms in total. The van der Waals surface area contributed by atoms with Crippen LogP contribution >= 0.6 is 11.5 Å². The molecule has 1 amide bonds. The van der Waals surface area contributed by atoms with Crippen molar-refractivity contribution in [3.8, 4) is 11.4 Å². The van der Waals surface area contributed by atoms with Crippen LogP contribution < -0.4 is 10.6 Å². The molecule has 0 atom stereocenters. The van der Waals surface area contributed by atoms with Crippen LogP contribution in [0.5, 0.6) is 0 Å². The van der Waals surface area contributed by atoms with Crippen molar-refractivity contribution >= 4 is 22.6 Å². The van der Waals surface area contributed by atoms with Gasteiger partial charge in [0.2, 0.25) is 5.13 Å². The molecule has 0 radical (unpaired) electrons. The first-order valence-corrected chi connectivity index (χ1v) is 8.66. The summed E-state index contributed by atoms with van der Waals surface area (Å²) in [5.41, 5.74) is 1.43. The summed E-state index contributed by atoms with van der Waals surface area (Å²) in [6.07, 6.45) is 0.743. The number of hydrogen-bond donors (Lipinski definition) is 2. The smallest absolute Gasteiger partial charge is 0.251 e. The van der Waals surface area contributed by atoms with E-state index in [0.29, 0.717) is 24.5 Å². The van der Waals surface area contributed by atoms with Crippen LogP contribution in [0.4, 0.5) is 9.52 Å². The zero-order valence-corrected chi connectivity index (χ0v) is 14.2. The summed E-state index contributed by atoms with van der Waals surface area (Å²) in [5, 5.41) is 6.75. The number of anilines is 1. The van der Waals surface area contributed by atoms with E-state index in [9.17, 15) is 9.18 Å². The molecule has 1 heterocycles. The third-order valence-corrected chi connectivity index (χ3v) is 4.15. The summed E-state index contributed by atoms with van der Waals surface area (Å²) in [6.45, 7) is 1.20. The molecule has 25 heavy (non-hydrogen) atoms. The number of halogens is 1. The SMILES string of the molecule is O=C(NCCCNc1nc(-c2ccccc2)ns1)c1ccc(F)cc1. The van der Waals surface area contributed by atoms with E-state index in [1.165, 1.54) is 35.8 Å². The Morgan fingerprint density at radius 1 is 1.04 bits per heavy atom. The van der Waals surface area contributed by atoms with Crippen LogP contribution in [-0.4, -0.2) is 28.4 Å². The van der Waals surface area contributed by atoms with Crippen molar-refractivity contribution in [3.05, 3.63) is 66.0 Å². The monoisotopic (exact) mass is 356 g/mol. The third kappa shape index (κ3) is 4.84. The van der Waals surface area contributed by atoms with E-state index in [0.717, 1.165) is 17.1 Å². The Labute approximate surface area is 149 Å². The van der Waals surface area contributed by atoms with Crippen molar-refractivity contribution in [1.82, 2.24) is 14.7 Å². The highest BCUT2D eigenvalue weighted by Crippen LogP contribution is 2.20. The molecule has 0 aliphatic heterocycles. The predicted molar refractivity (Wildman–Crippen MR) is 97.2 cm³/mol. The van der Waals surface area contributed by atoms with E-state index in [1.54, 1.807) is 0 Å². The number of rotatable bonds is 7. The summed E-state index contributed by atoms with van der Waals surface area (Å²) >= 11 is 1.31. The zero-order chi connectivity index (χ0) is 17.5. The molecule has 3 rings (SSSR count). The zero-order valence-electron chi connectivity index (χ0n) is 13.4. The number of benzene rings is 2. The first-order chi connectivity index (χ1) is 12.2. The van der Waals surface area contributed by atoms with Crippen molar-refractivity contribution in [3.63, 3.8) is 0 Å². The van der Waals surface area contributed by atoms with E-state index in [-0.39, 0.29) is 11.7 Å². The van der Waals surface area contributed by atoms with Gasteiger partial charge in [0.1, 0.15) is 5.82 Å². The molecule has 0 fully saturated rings. The normalized spacial score (nSPS) is 10.4. The van der Waals surface area contributed by atoms with Crippen LogP contribution in [0.25, 0.3) is 11.4 Å². The van der Waals surface area contributed by atoms with Crippen LogP contribution in [0.15, 0.2) is 54.6 Å². The molecular formula is C18H17FN4OS. The second-order valence-corrected chi connectivity index (χ2v) is 6.08. The molecule has 0 aliphatic rings. The van der Waals surface area contributed by atoms with Crippen LogP contribution in [0.3, 0.4) is 0 Å². The molecule has 0 aliphatic carbocycles. The highest BCUT2D eigenvalue weighted by Gasteiger charge is 2.06. The minimum Gasteiger partial charge on any atom is -0.360 e. The van der Waals surface area contributed by atoms with Gasteiger partial charge in [-0.15, -0.1) is 0 Å². The van der Waals surface area contributed by atoms with Gasteiger partial charge in [0.05, 0.1) is 0 Å².